The van der Waals surface area contributed by atoms with Crippen LogP contribution in [-0.2, 0) is 10.0 Å². The highest BCUT2D eigenvalue weighted by atomic mass is 32.2. The van der Waals surface area contributed by atoms with Gasteiger partial charge in [-0.3, -0.25) is 0 Å². The lowest BCUT2D eigenvalue weighted by Crippen LogP contribution is -2.25. The summed E-state index contributed by atoms with van der Waals surface area (Å²) in [4.78, 5) is 0. The molecule has 0 saturated heterocycles. The lowest BCUT2D eigenvalue weighted by atomic mass is 10.2. The molecule has 1 unspecified atom stereocenters. The van der Waals surface area contributed by atoms with Gasteiger partial charge in [0.1, 0.15) is 0 Å². The van der Waals surface area contributed by atoms with Crippen LogP contribution < -0.4 is 4.72 Å². The summed E-state index contributed by atoms with van der Waals surface area (Å²) in [5.41, 5.74) is 0. The van der Waals surface area contributed by atoms with Gasteiger partial charge in [-0.05, 0) is 12.8 Å². The Bertz CT molecular complexity index is 188. The van der Waals surface area contributed by atoms with E-state index < -0.39 is 16.1 Å². The van der Waals surface area contributed by atoms with Crippen LogP contribution in [0.3, 0.4) is 0 Å². The normalized spacial score (nSPS) is 14.8. The third-order valence-corrected chi connectivity index (χ3v) is 2.04. The molecular formula is C6H15NO3S. The lowest BCUT2D eigenvalue weighted by molar-refractivity contribution is 0.162. The van der Waals surface area contributed by atoms with Gasteiger partial charge in [0.25, 0.3) is 0 Å². The third-order valence-electron chi connectivity index (χ3n) is 1.31. The Morgan fingerprint density at radius 1 is 1.55 bits per heavy atom. The molecule has 0 aromatic carbocycles. The van der Waals surface area contributed by atoms with Crippen molar-refractivity contribution in [1.29, 1.82) is 0 Å². The van der Waals surface area contributed by atoms with E-state index in [1.165, 1.54) is 0 Å². The Hall–Kier alpha value is -0.130. The molecule has 0 amide bonds. The van der Waals surface area contributed by atoms with Crippen LogP contribution in [0.1, 0.15) is 19.8 Å². The summed E-state index contributed by atoms with van der Waals surface area (Å²) >= 11 is 0. The number of aliphatic hydroxyl groups excluding tert-OH is 1. The van der Waals surface area contributed by atoms with Crippen molar-refractivity contribution in [3.63, 3.8) is 0 Å². The minimum Gasteiger partial charge on any atom is -0.393 e. The van der Waals surface area contributed by atoms with E-state index in [1.807, 2.05) is 6.92 Å². The van der Waals surface area contributed by atoms with E-state index in [1.54, 1.807) is 0 Å². The SMILES string of the molecule is CCC(O)CCNS(C)(=O)=O. The maximum Gasteiger partial charge on any atom is 0.208 e. The molecular weight excluding hydrogens is 166 g/mol. The zero-order valence-corrected chi connectivity index (χ0v) is 7.69. The van der Waals surface area contributed by atoms with Crippen LogP contribution in [0.4, 0.5) is 0 Å². The van der Waals surface area contributed by atoms with Crippen LogP contribution in [0, 0.1) is 0 Å². The largest absolute Gasteiger partial charge is 0.393 e. The monoisotopic (exact) mass is 181 g/mol. The van der Waals surface area contributed by atoms with E-state index >= 15 is 0 Å². The van der Waals surface area contributed by atoms with Gasteiger partial charge in [-0.15, -0.1) is 0 Å². The molecule has 0 aromatic rings. The molecule has 0 aliphatic carbocycles. The van der Waals surface area contributed by atoms with Crippen LogP contribution in [-0.4, -0.2) is 32.4 Å². The van der Waals surface area contributed by atoms with Gasteiger partial charge < -0.3 is 5.11 Å². The smallest absolute Gasteiger partial charge is 0.208 e. The Labute approximate surface area is 67.7 Å². The molecule has 68 valence electrons. The van der Waals surface area contributed by atoms with Gasteiger partial charge in [-0.25, -0.2) is 13.1 Å². The molecule has 1 atom stereocenters. The Balaban J connectivity index is 3.43. The summed E-state index contributed by atoms with van der Waals surface area (Å²) < 4.78 is 23.3. The fourth-order valence-electron chi connectivity index (χ4n) is 0.615. The molecule has 0 aliphatic heterocycles. The van der Waals surface area contributed by atoms with Gasteiger partial charge in [0, 0.05) is 6.54 Å². The highest BCUT2D eigenvalue weighted by Crippen LogP contribution is 1.94. The topological polar surface area (TPSA) is 66.4 Å². The molecule has 5 heteroatoms. The van der Waals surface area contributed by atoms with Crippen molar-refractivity contribution in [2.24, 2.45) is 0 Å². The van der Waals surface area contributed by atoms with Crippen LogP contribution >= 0.6 is 0 Å². The molecule has 0 saturated carbocycles. The fourth-order valence-corrected chi connectivity index (χ4v) is 1.10. The molecule has 0 spiro atoms. The summed E-state index contributed by atoms with van der Waals surface area (Å²) in [6.07, 6.45) is 1.84. The fraction of sp³-hybridized carbons (Fsp3) is 1.00. The second-order valence-corrected chi connectivity index (χ2v) is 4.35. The first kappa shape index (κ1) is 10.9. The highest BCUT2D eigenvalue weighted by molar-refractivity contribution is 7.88. The first-order chi connectivity index (χ1) is 4.95. The highest BCUT2D eigenvalue weighted by Gasteiger charge is 2.03. The van der Waals surface area contributed by atoms with E-state index in [2.05, 4.69) is 4.72 Å². The Kier molecular flexibility index (Phi) is 4.63. The van der Waals surface area contributed by atoms with E-state index in [4.69, 9.17) is 5.11 Å². The minimum absolute atomic E-state index is 0.313. The van der Waals surface area contributed by atoms with Gasteiger partial charge in [0.2, 0.25) is 10.0 Å². The van der Waals surface area contributed by atoms with E-state index in [-0.39, 0.29) is 0 Å². The van der Waals surface area contributed by atoms with E-state index in [9.17, 15) is 8.42 Å². The molecule has 0 aromatic heterocycles. The van der Waals surface area contributed by atoms with E-state index in [0.717, 1.165) is 6.26 Å². The average Bonchev–Trinajstić information content (AvgIpc) is 1.85. The minimum atomic E-state index is -3.09. The number of hydrogen-bond donors (Lipinski definition) is 2. The summed E-state index contributed by atoms with van der Waals surface area (Å²) in [6.45, 7) is 2.17. The Morgan fingerprint density at radius 3 is 2.45 bits per heavy atom. The average molecular weight is 181 g/mol. The molecule has 2 N–H and O–H groups in total. The van der Waals surface area contributed by atoms with Crippen molar-refractivity contribution in [3.8, 4) is 0 Å². The molecule has 0 heterocycles. The second-order valence-electron chi connectivity index (χ2n) is 2.52. The van der Waals surface area contributed by atoms with Crippen molar-refractivity contribution >= 4 is 10.0 Å². The van der Waals surface area contributed by atoms with Crippen LogP contribution in [0.15, 0.2) is 0 Å². The van der Waals surface area contributed by atoms with Gasteiger partial charge in [-0.2, -0.15) is 0 Å². The van der Waals surface area contributed by atoms with Crippen LogP contribution in [0.5, 0.6) is 0 Å². The Morgan fingerprint density at radius 2 is 2.09 bits per heavy atom. The van der Waals surface area contributed by atoms with Crippen LogP contribution in [0.25, 0.3) is 0 Å². The summed E-state index contributed by atoms with van der Waals surface area (Å²) in [7, 11) is -3.09. The van der Waals surface area contributed by atoms with Crippen molar-refractivity contribution in [1.82, 2.24) is 4.72 Å². The molecule has 0 bridgehead atoms. The number of aliphatic hydroxyl groups is 1. The molecule has 4 nitrogen and oxygen atoms in total. The summed E-state index contributed by atoms with van der Waals surface area (Å²) in [6, 6.07) is 0. The maximum absolute atomic E-state index is 10.5. The zero-order chi connectivity index (χ0) is 8.91. The maximum atomic E-state index is 10.5. The van der Waals surface area contributed by atoms with Crippen molar-refractivity contribution in [2.75, 3.05) is 12.8 Å². The van der Waals surface area contributed by atoms with Crippen molar-refractivity contribution in [2.45, 2.75) is 25.9 Å². The predicted molar refractivity (Wildman–Crippen MR) is 43.8 cm³/mol. The number of rotatable bonds is 5. The van der Waals surface area contributed by atoms with Gasteiger partial charge in [0.15, 0.2) is 0 Å². The van der Waals surface area contributed by atoms with Gasteiger partial charge in [0.05, 0.1) is 12.4 Å². The molecule has 0 aliphatic rings. The van der Waals surface area contributed by atoms with Crippen LogP contribution in [0.2, 0.25) is 0 Å². The van der Waals surface area contributed by atoms with Crippen molar-refractivity contribution in [3.05, 3.63) is 0 Å². The molecule has 0 fully saturated rings. The first-order valence-corrected chi connectivity index (χ1v) is 5.47. The predicted octanol–water partition coefficient (Wildman–Crippen LogP) is -0.303. The number of sulfonamides is 1. The van der Waals surface area contributed by atoms with Gasteiger partial charge >= 0.3 is 0 Å². The zero-order valence-electron chi connectivity index (χ0n) is 6.87. The third kappa shape index (κ3) is 7.77. The molecule has 11 heavy (non-hydrogen) atoms. The van der Waals surface area contributed by atoms with Gasteiger partial charge in [-0.1, -0.05) is 6.92 Å². The molecule has 0 rings (SSSR count). The van der Waals surface area contributed by atoms with Crippen molar-refractivity contribution < 1.29 is 13.5 Å². The summed E-state index contributed by atoms with van der Waals surface area (Å²) in [5.74, 6) is 0. The standard InChI is InChI=1S/C6H15NO3S/c1-3-6(8)4-5-7-11(2,9)10/h6-8H,3-5H2,1-2H3. The van der Waals surface area contributed by atoms with E-state index in [0.29, 0.717) is 19.4 Å². The molecule has 0 radical (unpaired) electrons. The quantitative estimate of drug-likeness (QED) is 0.612. The number of hydrogen-bond acceptors (Lipinski definition) is 3. The number of nitrogens with one attached hydrogen (secondary N) is 1. The second kappa shape index (κ2) is 4.69. The summed E-state index contributed by atoms with van der Waals surface area (Å²) in [5, 5.41) is 9.02. The first-order valence-electron chi connectivity index (χ1n) is 3.58. The lowest BCUT2D eigenvalue weighted by Gasteiger charge is -2.06.